The summed E-state index contributed by atoms with van der Waals surface area (Å²) in [6, 6.07) is 9.91. The molecule has 0 saturated carbocycles. The van der Waals surface area contributed by atoms with Crippen LogP contribution in [0.3, 0.4) is 0 Å². The SMILES string of the molecule is COc1cc(C(=O)NS(C)(=O)=O)c(F)cc1C1=CC(Cl)(OCc2nc3ccccc3s2)C=NC1. The number of para-hydroxylation sites is 1. The molecule has 34 heavy (non-hydrogen) atoms. The van der Waals surface area contributed by atoms with E-state index in [0.717, 1.165) is 33.6 Å². The molecule has 3 aromatic rings. The molecule has 0 spiro atoms. The molecule has 0 fully saturated rings. The highest BCUT2D eigenvalue weighted by atomic mass is 35.5. The Kier molecular flexibility index (Phi) is 6.72. The number of methoxy groups -OCH3 is 1. The standard InChI is InChI=1S/C22H19ClFN3O5S2/c1-31-18-8-15(21(28)27-34(2,29)30)16(24)7-14(18)13-9-22(23,12-25-10-13)32-11-20-26-17-5-3-4-6-19(17)33-20/h3-9,12H,10-11H2,1-2H3,(H,27,28). The third-order valence-corrected chi connectivity index (χ3v) is 6.69. The van der Waals surface area contributed by atoms with E-state index in [4.69, 9.17) is 21.1 Å². The zero-order valence-electron chi connectivity index (χ0n) is 18.0. The first kappa shape index (κ1) is 24.3. The van der Waals surface area contributed by atoms with Gasteiger partial charge in [-0.15, -0.1) is 11.3 Å². The van der Waals surface area contributed by atoms with Crippen LogP contribution in [-0.4, -0.2) is 50.5 Å². The van der Waals surface area contributed by atoms with Gasteiger partial charge in [0.1, 0.15) is 23.2 Å². The monoisotopic (exact) mass is 523 g/mol. The molecule has 2 heterocycles. The largest absolute Gasteiger partial charge is 0.496 e. The summed E-state index contributed by atoms with van der Waals surface area (Å²) in [5, 5.41) is -0.667. The van der Waals surface area contributed by atoms with Crippen molar-refractivity contribution < 1.29 is 27.1 Å². The molecule has 1 aliphatic rings. The highest BCUT2D eigenvalue weighted by molar-refractivity contribution is 7.89. The van der Waals surface area contributed by atoms with E-state index in [1.54, 1.807) is 10.8 Å². The zero-order chi connectivity index (χ0) is 24.5. The number of fused-ring (bicyclic) bond motifs is 1. The Labute approximate surface area is 204 Å². The van der Waals surface area contributed by atoms with Crippen molar-refractivity contribution in [2.45, 2.75) is 11.7 Å². The number of dihydropyridines is 1. The summed E-state index contributed by atoms with van der Waals surface area (Å²) >= 11 is 8.11. The van der Waals surface area contributed by atoms with Crippen LogP contribution >= 0.6 is 22.9 Å². The number of thiazole rings is 1. The molecule has 0 bridgehead atoms. The summed E-state index contributed by atoms with van der Waals surface area (Å²) in [5.41, 5.74) is 1.20. The van der Waals surface area contributed by atoms with Gasteiger partial charge in [0.2, 0.25) is 10.0 Å². The highest BCUT2D eigenvalue weighted by Crippen LogP contribution is 2.35. The number of sulfonamides is 1. The number of carbonyl (C=O) groups excluding carboxylic acids is 1. The molecule has 2 aromatic carbocycles. The van der Waals surface area contributed by atoms with Gasteiger partial charge in [0.15, 0.2) is 5.06 Å². The molecule has 1 atom stereocenters. The van der Waals surface area contributed by atoms with Crippen molar-refractivity contribution >= 4 is 60.9 Å². The zero-order valence-corrected chi connectivity index (χ0v) is 20.4. The van der Waals surface area contributed by atoms with E-state index >= 15 is 0 Å². The number of aliphatic imine (C=N–C) groups is 1. The van der Waals surface area contributed by atoms with E-state index < -0.39 is 32.4 Å². The second kappa shape index (κ2) is 9.41. The number of alkyl halides is 1. The first-order valence-corrected chi connectivity index (χ1v) is 13.0. The molecule has 0 aliphatic carbocycles. The van der Waals surface area contributed by atoms with Gasteiger partial charge in [-0.2, -0.15) is 0 Å². The predicted molar refractivity (Wildman–Crippen MR) is 130 cm³/mol. The first-order valence-electron chi connectivity index (χ1n) is 9.87. The molecule has 0 saturated heterocycles. The van der Waals surface area contributed by atoms with E-state index in [2.05, 4.69) is 9.98 Å². The average Bonchev–Trinajstić information content (AvgIpc) is 3.19. The van der Waals surface area contributed by atoms with E-state index in [-0.39, 0.29) is 18.9 Å². The van der Waals surface area contributed by atoms with E-state index in [0.29, 0.717) is 11.1 Å². The van der Waals surface area contributed by atoms with E-state index in [9.17, 15) is 17.6 Å². The Hall–Kier alpha value is -2.86. The molecule has 1 unspecified atom stereocenters. The number of carbonyl (C=O) groups is 1. The molecule has 1 aromatic heterocycles. The summed E-state index contributed by atoms with van der Waals surface area (Å²) < 4.78 is 51.4. The molecule has 178 valence electrons. The smallest absolute Gasteiger partial charge is 0.267 e. The number of rotatable bonds is 7. The second-order valence-corrected chi connectivity index (χ2v) is 10.9. The van der Waals surface area contributed by atoms with Crippen molar-refractivity contribution in [1.82, 2.24) is 9.71 Å². The topological polar surface area (TPSA) is 107 Å². The van der Waals surface area contributed by atoms with Crippen LogP contribution in [0.25, 0.3) is 15.8 Å². The Morgan fingerprint density at radius 1 is 1.32 bits per heavy atom. The molecule has 12 heteroatoms. The maximum atomic E-state index is 14.8. The third-order valence-electron chi connectivity index (χ3n) is 4.81. The first-order chi connectivity index (χ1) is 16.1. The van der Waals surface area contributed by atoms with Crippen molar-refractivity contribution in [3.63, 3.8) is 0 Å². The van der Waals surface area contributed by atoms with Crippen LogP contribution in [-0.2, 0) is 21.4 Å². The molecule has 1 aliphatic heterocycles. The van der Waals surface area contributed by atoms with Crippen LogP contribution in [0.1, 0.15) is 20.9 Å². The lowest BCUT2D eigenvalue weighted by molar-refractivity contribution is 0.0879. The second-order valence-electron chi connectivity index (χ2n) is 7.44. The van der Waals surface area contributed by atoms with Gasteiger partial charge < -0.3 is 9.47 Å². The number of nitrogens with one attached hydrogen (secondary N) is 1. The molecule has 1 amide bonds. The number of hydrogen-bond acceptors (Lipinski definition) is 8. The normalized spacial score (nSPS) is 18.1. The summed E-state index contributed by atoms with van der Waals surface area (Å²) in [4.78, 5) is 20.9. The molecule has 8 nitrogen and oxygen atoms in total. The number of ether oxygens (including phenoxy) is 2. The average molecular weight is 524 g/mol. The van der Waals surface area contributed by atoms with Crippen LogP contribution in [0.15, 0.2) is 47.5 Å². The van der Waals surface area contributed by atoms with Crippen molar-refractivity contribution in [2.75, 3.05) is 19.9 Å². The quantitative estimate of drug-likeness (QED) is 0.473. The van der Waals surface area contributed by atoms with Crippen LogP contribution in [0.4, 0.5) is 4.39 Å². The fourth-order valence-electron chi connectivity index (χ4n) is 3.36. The maximum Gasteiger partial charge on any atom is 0.267 e. The van der Waals surface area contributed by atoms with E-state index in [1.807, 2.05) is 24.3 Å². The maximum absolute atomic E-state index is 14.8. The number of amides is 1. The van der Waals surface area contributed by atoms with Crippen molar-refractivity contribution in [3.05, 3.63) is 64.4 Å². The fraction of sp³-hybridized carbons (Fsp3) is 0.227. The van der Waals surface area contributed by atoms with Gasteiger partial charge in [-0.1, -0.05) is 23.7 Å². The summed E-state index contributed by atoms with van der Waals surface area (Å²) in [7, 11) is -2.52. The van der Waals surface area contributed by atoms with Crippen molar-refractivity contribution in [3.8, 4) is 5.75 Å². The third kappa shape index (κ3) is 5.44. The van der Waals surface area contributed by atoms with Gasteiger partial charge in [-0.25, -0.2) is 22.5 Å². The summed E-state index contributed by atoms with van der Waals surface area (Å²) in [6.45, 7) is 0.304. The number of halogens is 2. The van der Waals surface area contributed by atoms with E-state index in [1.165, 1.54) is 24.7 Å². The van der Waals surface area contributed by atoms with Gasteiger partial charge >= 0.3 is 0 Å². The number of aromatic nitrogens is 1. The van der Waals surface area contributed by atoms with Gasteiger partial charge in [-0.3, -0.25) is 9.79 Å². The predicted octanol–water partition coefficient (Wildman–Crippen LogP) is 3.75. The molecular formula is C22H19ClFN3O5S2. The molecular weight excluding hydrogens is 505 g/mol. The number of benzene rings is 2. The lowest BCUT2D eigenvalue weighted by atomic mass is 9.99. The Morgan fingerprint density at radius 3 is 2.79 bits per heavy atom. The number of hydrogen-bond donors (Lipinski definition) is 1. The lowest BCUT2D eigenvalue weighted by Gasteiger charge is -2.25. The fourth-order valence-corrected chi connectivity index (χ4v) is 4.94. The van der Waals surface area contributed by atoms with Crippen LogP contribution in [0.5, 0.6) is 5.75 Å². The highest BCUT2D eigenvalue weighted by Gasteiger charge is 2.29. The Balaban J connectivity index is 1.59. The van der Waals surface area contributed by atoms with Gasteiger partial charge in [-0.05, 0) is 35.9 Å². The Bertz CT molecular complexity index is 1400. The minimum absolute atomic E-state index is 0.134. The van der Waals surface area contributed by atoms with Gasteiger partial charge in [0, 0.05) is 5.56 Å². The molecule has 0 radical (unpaired) electrons. The van der Waals surface area contributed by atoms with Gasteiger partial charge in [0.25, 0.3) is 5.91 Å². The van der Waals surface area contributed by atoms with Crippen LogP contribution in [0.2, 0.25) is 0 Å². The van der Waals surface area contributed by atoms with Gasteiger partial charge in [0.05, 0.1) is 41.9 Å². The Morgan fingerprint density at radius 2 is 2.09 bits per heavy atom. The minimum Gasteiger partial charge on any atom is -0.496 e. The van der Waals surface area contributed by atoms with Crippen LogP contribution < -0.4 is 9.46 Å². The number of nitrogens with zero attached hydrogens (tertiary/aromatic N) is 2. The summed E-state index contributed by atoms with van der Waals surface area (Å²) in [6.07, 6.45) is 3.83. The molecule has 4 rings (SSSR count). The lowest BCUT2D eigenvalue weighted by Crippen LogP contribution is -2.30. The van der Waals surface area contributed by atoms with Crippen LogP contribution in [0, 0.1) is 5.82 Å². The molecule has 1 N–H and O–H groups in total. The van der Waals surface area contributed by atoms with Crippen molar-refractivity contribution in [2.24, 2.45) is 4.99 Å². The van der Waals surface area contributed by atoms with Crippen molar-refractivity contribution in [1.29, 1.82) is 0 Å². The minimum atomic E-state index is -3.87. The summed E-state index contributed by atoms with van der Waals surface area (Å²) in [5.74, 6) is -1.89.